The van der Waals surface area contributed by atoms with Gasteiger partial charge in [-0.05, 0) is 123 Å². The number of rotatable bonds is 17. The van der Waals surface area contributed by atoms with Crippen LogP contribution in [0.25, 0.3) is 0 Å². The Morgan fingerprint density at radius 2 is 0.765 bits per heavy atom. The third kappa shape index (κ3) is 10.6. The molecule has 51 heavy (non-hydrogen) atoms. The van der Waals surface area contributed by atoms with Gasteiger partial charge in [-0.3, -0.25) is 9.59 Å². The second-order valence-electron chi connectivity index (χ2n) is 12.9. The van der Waals surface area contributed by atoms with Crippen molar-refractivity contribution >= 4 is 46.1 Å². The molecule has 0 N–H and O–H groups in total. The van der Waals surface area contributed by atoms with Crippen LogP contribution in [0.3, 0.4) is 0 Å². The number of aryl methyl sites for hydroxylation is 3. The molecule has 6 heteroatoms. The summed E-state index contributed by atoms with van der Waals surface area (Å²) in [5.41, 5.74) is 11.3. The van der Waals surface area contributed by atoms with E-state index in [0.717, 1.165) is 65.4 Å². The summed E-state index contributed by atoms with van der Waals surface area (Å²) in [5, 5.41) is 0. The summed E-state index contributed by atoms with van der Waals surface area (Å²) in [7, 11) is 0. The van der Waals surface area contributed by atoms with Crippen LogP contribution >= 0.6 is 0 Å². The van der Waals surface area contributed by atoms with E-state index < -0.39 is 0 Å². The number of hydrogen-bond donors (Lipinski definition) is 0. The highest BCUT2D eigenvalue weighted by molar-refractivity contribution is 5.81. The predicted molar refractivity (Wildman–Crippen MR) is 209 cm³/mol. The predicted octanol–water partition coefficient (Wildman–Crippen LogP) is 11.4. The zero-order valence-corrected chi connectivity index (χ0v) is 30.4. The number of anilines is 6. The van der Waals surface area contributed by atoms with Crippen LogP contribution in [-0.2, 0) is 31.9 Å². The summed E-state index contributed by atoms with van der Waals surface area (Å²) in [6.07, 6.45) is 5.47. The maximum absolute atomic E-state index is 11.6. The fourth-order valence-corrected chi connectivity index (χ4v) is 5.94. The minimum Gasteiger partial charge on any atom is -0.466 e. The number of unbranched alkanes of at least 4 members (excludes halogenated alkanes) is 2. The van der Waals surface area contributed by atoms with Crippen molar-refractivity contribution in [3.63, 3.8) is 0 Å². The Labute approximate surface area is 303 Å². The van der Waals surface area contributed by atoms with Gasteiger partial charge in [0.15, 0.2) is 0 Å². The highest BCUT2D eigenvalue weighted by atomic mass is 16.5. The van der Waals surface area contributed by atoms with E-state index in [2.05, 4.69) is 145 Å². The van der Waals surface area contributed by atoms with E-state index in [1.165, 1.54) is 16.7 Å². The fraction of sp³-hybridized carbons (Fsp3) is 0.289. The molecule has 264 valence electrons. The number of hydrogen-bond acceptors (Lipinski definition) is 6. The van der Waals surface area contributed by atoms with Gasteiger partial charge in [0.25, 0.3) is 0 Å². The molecule has 5 aromatic carbocycles. The molecule has 0 saturated heterocycles. The first-order valence-corrected chi connectivity index (χ1v) is 18.2. The van der Waals surface area contributed by atoms with Gasteiger partial charge < -0.3 is 19.3 Å². The Morgan fingerprint density at radius 3 is 1.16 bits per heavy atom. The monoisotopic (exact) mass is 682 g/mol. The van der Waals surface area contributed by atoms with Crippen LogP contribution in [0.5, 0.6) is 0 Å². The maximum Gasteiger partial charge on any atom is 0.305 e. The molecule has 5 rings (SSSR count). The van der Waals surface area contributed by atoms with Gasteiger partial charge in [-0.25, -0.2) is 0 Å². The summed E-state index contributed by atoms with van der Waals surface area (Å²) in [6, 6.07) is 43.3. The smallest absolute Gasteiger partial charge is 0.305 e. The number of carbonyl (C=O) groups is 2. The first-order chi connectivity index (χ1) is 24.8. The normalized spacial score (nSPS) is 10.8. The van der Waals surface area contributed by atoms with Crippen LogP contribution in [0.15, 0.2) is 121 Å². The molecule has 0 heterocycles. The van der Waals surface area contributed by atoms with Crippen molar-refractivity contribution in [1.82, 2.24) is 0 Å². The molecule has 0 radical (unpaired) electrons. The number of carbonyl (C=O) groups excluding carboxylic acids is 2. The molecule has 0 amide bonds. The lowest BCUT2D eigenvalue weighted by Gasteiger charge is -2.28. The average Bonchev–Trinajstić information content (AvgIpc) is 3.16. The quantitative estimate of drug-likeness (QED) is 0.0719. The number of benzene rings is 5. The van der Waals surface area contributed by atoms with Crippen molar-refractivity contribution in [2.45, 2.75) is 72.6 Å². The first-order valence-electron chi connectivity index (χ1n) is 18.2. The molecule has 0 fully saturated rings. The van der Waals surface area contributed by atoms with Crippen molar-refractivity contribution in [3.05, 3.63) is 144 Å². The van der Waals surface area contributed by atoms with Crippen LogP contribution in [0.4, 0.5) is 34.1 Å². The Morgan fingerprint density at radius 1 is 0.431 bits per heavy atom. The Kier molecular flexibility index (Phi) is 13.4. The molecule has 0 bridgehead atoms. The van der Waals surface area contributed by atoms with E-state index in [1.54, 1.807) is 0 Å². The van der Waals surface area contributed by atoms with Crippen LogP contribution in [0.2, 0.25) is 0 Å². The second kappa shape index (κ2) is 18.6. The molecule has 6 nitrogen and oxygen atoms in total. The highest BCUT2D eigenvalue weighted by Crippen LogP contribution is 2.39. The van der Waals surface area contributed by atoms with E-state index in [1.807, 2.05) is 13.8 Å². The molecule has 0 spiro atoms. The number of nitrogens with zero attached hydrogens (tertiary/aromatic N) is 2. The van der Waals surface area contributed by atoms with Gasteiger partial charge in [-0.2, -0.15) is 0 Å². The van der Waals surface area contributed by atoms with Gasteiger partial charge in [-0.1, -0.05) is 73.5 Å². The lowest BCUT2D eigenvalue weighted by molar-refractivity contribution is -0.144. The van der Waals surface area contributed by atoms with Crippen molar-refractivity contribution in [1.29, 1.82) is 0 Å². The second-order valence-corrected chi connectivity index (χ2v) is 12.9. The van der Waals surface area contributed by atoms with Gasteiger partial charge in [-0.15, -0.1) is 0 Å². The lowest BCUT2D eigenvalue weighted by atomic mass is 10.1. The summed E-state index contributed by atoms with van der Waals surface area (Å²) in [4.78, 5) is 27.5. The van der Waals surface area contributed by atoms with E-state index >= 15 is 0 Å². The standard InChI is InChI=1S/C45H50N2O4/c1-5-44(48)50-32-9-7-8-10-36-15-23-40(24-16-36)46(38-19-11-34(3)12-20-38)42-27-29-43(30-28-42)47(39-21-13-35(4)14-22-39)41-25-17-37(18-26-41)31-33-51-45(49)6-2/h11-30H,5-10,31-33H2,1-4H3. The molecule has 0 saturated carbocycles. The van der Waals surface area contributed by atoms with Gasteiger partial charge in [0.05, 0.1) is 13.2 Å². The molecule has 0 aromatic heterocycles. The third-order valence-electron chi connectivity index (χ3n) is 8.94. The number of esters is 2. The van der Waals surface area contributed by atoms with Crippen LogP contribution in [0.1, 0.15) is 68.2 Å². The zero-order chi connectivity index (χ0) is 36.0. The number of ether oxygens (including phenoxy) is 2. The van der Waals surface area contributed by atoms with Crippen molar-refractivity contribution in [3.8, 4) is 0 Å². The van der Waals surface area contributed by atoms with E-state index in [9.17, 15) is 9.59 Å². The van der Waals surface area contributed by atoms with E-state index in [-0.39, 0.29) is 11.9 Å². The lowest BCUT2D eigenvalue weighted by Crippen LogP contribution is -2.12. The summed E-state index contributed by atoms with van der Waals surface area (Å²) in [5.74, 6) is -0.299. The molecule has 0 atom stereocenters. The third-order valence-corrected chi connectivity index (χ3v) is 8.94. The molecule has 0 unspecified atom stereocenters. The molecule has 0 aliphatic heterocycles. The molecular formula is C45H50N2O4. The van der Waals surface area contributed by atoms with Crippen molar-refractivity contribution < 1.29 is 19.1 Å². The maximum atomic E-state index is 11.6. The minimum atomic E-state index is -0.171. The van der Waals surface area contributed by atoms with Gasteiger partial charge >= 0.3 is 11.9 Å². The highest BCUT2D eigenvalue weighted by Gasteiger charge is 2.16. The Hall–Kier alpha value is -5.36. The van der Waals surface area contributed by atoms with E-state index in [4.69, 9.17) is 9.47 Å². The van der Waals surface area contributed by atoms with Gasteiger partial charge in [0.1, 0.15) is 0 Å². The minimum absolute atomic E-state index is 0.127. The summed E-state index contributed by atoms with van der Waals surface area (Å²) in [6.45, 7) is 8.73. The molecule has 5 aromatic rings. The molecule has 0 aliphatic rings. The Balaban J connectivity index is 1.36. The van der Waals surface area contributed by atoms with Crippen LogP contribution in [-0.4, -0.2) is 25.2 Å². The largest absolute Gasteiger partial charge is 0.466 e. The topological polar surface area (TPSA) is 59.1 Å². The SMILES string of the molecule is CCC(=O)OCCCCCc1ccc(N(c2ccc(C)cc2)c2ccc(N(c3ccc(C)cc3)c3ccc(CCOC(=O)CC)cc3)cc2)cc1. The van der Waals surface area contributed by atoms with E-state index in [0.29, 0.717) is 32.5 Å². The average molecular weight is 683 g/mol. The summed E-state index contributed by atoms with van der Waals surface area (Å²) < 4.78 is 10.5. The molecular weight excluding hydrogens is 633 g/mol. The van der Waals surface area contributed by atoms with Crippen molar-refractivity contribution in [2.24, 2.45) is 0 Å². The van der Waals surface area contributed by atoms with Gasteiger partial charge in [0.2, 0.25) is 0 Å². The van der Waals surface area contributed by atoms with Gasteiger partial charge in [0, 0.05) is 53.4 Å². The van der Waals surface area contributed by atoms with Crippen LogP contribution < -0.4 is 9.80 Å². The first kappa shape index (κ1) is 36.9. The zero-order valence-electron chi connectivity index (χ0n) is 30.4. The fourth-order valence-electron chi connectivity index (χ4n) is 5.94. The van der Waals surface area contributed by atoms with Crippen LogP contribution in [0, 0.1) is 13.8 Å². The molecule has 0 aliphatic carbocycles. The Bertz CT molecular complexity index is 1810. The summed E-state index contributed by atoms with van der Waals surface area (Å²) >= 11 is 0. The van der Waals surface area contributed by atoms with Crippen molar-refractivity contribution in [2.75, 3.05) is 23.0 Å².